The first-order valence-electron chi connectivity index (χ1n) is 6.03. The summed E-state index contributed by atoms with van der Waals surface area (Å²) in [6.07, 6.45) is 1.29. The molecule has 2 atom stereocenters. The van der Waals surface area contributed by atoms with E-state index in [1.807, 2.05) is 20.8 Å². The van der Waals surface area contributed by atoms with Gasteiger partial charge in [-0.05, 0) is 13.3 Å². The molecule has 16 heavy (non-hydrogen) atoms. The quantitative estimate of drug-likeness (QED) is 0.678. The first kappa shape index (κ1) is 13.2. The van der Waals surface area contributed by atoms with Gasteiger partial charge in [-0.25, -0.2) is 0 Å². The number of Topliss-reactive ketones (excluding diaryl/α,β-unsaturated/α-hetero) is 1. The molecule has 0 radical (unpaired) electrons. The largest absolute Gasteiger partial charge is 0.465 e. The van der Waals surface area contributed by atoms with Crippen LogP contribution in [-0.4, -0.2) is 42.4 Å². The number of hydrogen-bond donors (Lipinski definition) is 0. The van der Waals surface area contributed by atoms with Crippen LogP contribution >= 0.6 is 0 Å². The molecule has 92 valence electrons. The van der Waals surface area contributed by atoms with Crippen LogP contribution < -0.4 is 0 Å². The SMILES string of the molecule is CCOC(=O)C(CC)N1CCC(=O)C(C)C1. The van der Waals surface area contributed by atoms with Crippen molar-refractivity contribution in [3.05, 3.63) is 0 Å². The molecular formula is C12H21NO3. The van der Waals surface area contributed by atoms with Gasteiger partial charge >= 0.3 is 5.97 Å². The van der Waals surface area contributed by atoms with Gasteiger partial charge in [-0.15, -0.1) is 0 Å². The van der Waals surface area contributed by atoms with Crippen LogP contribution in [0.1, 0.15) is 33.6 Å². The third-order valence-corrected chi connectivity index (χ3v) is 3.09. The molecule has 0 spiro atoms. The summed E-state index contributed by atoms with van der Waals surface area (Å²) in [6.45, 7) is 7.48. The molecule has 0 aromatic heterocycles. The Morgan fingerprint density at radius 3 is 2.75 bits per heavy atom. The minimum absolute atomic E-state index is 0.0391. The van der Waals surface area contributed by atoms with Crippen LogP contribution in [0.2, 0.25) is 0 Å². The molecule has 1 heterocycles. The molecule has 0 aromatic rings. The molecule has 1 fully saturated rings. The monoisotopic (exact) mass is 227 g/mol. The van der Waals surface area contributed by atoms with Crippen molar-refractivity contribution in [3.8, 4) is 0 Å². The molecule has 0 amide bonds. The van der Waals surface area contributed by atoms with E-state index in [0.717, 1.165) is 6.42 Å². The fourth-order valence-electron chi connectivity index (χ4n) is 2.14. The van der Waals surface area contributed by atoms with Gasteiger partial charge in [-0.2, -0.15) is 0 Å². The van der Waals surface area contributed by atoms with Crippen LogP contribution in [0, 0.1) is 5.92 Å². The van der Waals surface area contributed by atoms with E-state index in [1.165, 1.54) is 0 Å². The maximum absolute atomic E-state index is 11.7. The van der Waals surface area contributed by atoms with Crippen molar-refractivity contribution >= 4 is 11.8 Å². The van der Waals surface area contributed by atoms with Crippen LogP contribution in [0.4, 0.5) is 0 Å². The molecule has 0 saturated carbocycles. The van der Waals surface area contributed by atoms with Gasteiger partial charge in [0.25, 0.3) is 0 Å². The van der Waals surface area contributed by atoms with E-state index >= 15 is 0 Å². The number of ketones is 1. The Balaban J connectivity index is 2.60. The number of carbonyl (C=O) groups is 2. The molecule has 1 rings (SSSR count). The smallest absolute Gasteiger partial charge is 0.323 e. The number of hydrogen-bond acceptors (Lipinski definition) is 4. The number of rotatable bonds is 4. The summed E-state index contributed by atoms with van der Waals surface area (Å²) in [5.41, 5.74) is 0. The highest BCUT2D eigenvalue weighted by Crippen LogP contribution is 2.17. The van der Waals surface area contributed by atoms with Crippen LogP contribution in [-0.2, 0) is 14.3 Å². The van der Waals surface area contributed by atoms with E-state index in [4.69, 9.17) is 4.74 Å². The number of ether oxygens (including phenoxy) is 1. The average Bonchev–Trinajstić information content (AvgIpc) is 2.25. The molecule has 0 aliphatic carbocycles. The van der Waals surface area contributed by atoms with Gasteiger partial charge in [0.15, 0.2) is 0 Å². The molecule has 0 N–H and O–H groups in total. The van der Waals surface area contributed by atoms with Crippen molar-refractivity contribution < 1.29 is 14.3 Å². The Hall–Kier alpha value is -0.900. The zero-order valence-corrected chi connectivity index (χ0v) is 10.4. The van der Waals surface area contributed by atoms with Gasteiger partial charge in [0.1, 0.15) is 11.8 Å². The Morgan fingerprint density at radius 1 is 1.56 bits per heavy atom. The van der Waals surface area contributed by atoms with Gasteiger partial charge in [-0.3, -0.25) is 14.5 Å². The maximum atomic E-state index is 11.7. The van der Waals surface area contributed by atoms with E-state index in [0.29, 0.717) is 31.9 Å². The highest BCUT2D eigenvalue weighted by molar-refractivity contribution is 5.82. The van der Waals surface area contributed by atoms with Gasteiger partial charge in [0, 0.05) is 25.4 Å². The average molecular weight is 227 g/mol. The summed E-state index contributed by atoms with van der Waals surface area (Å²) >= 11 is 0. The van der Waals surface area contributed by atoms with Crippen molar-refractivity contribution in [1.82, 2.24) is 4.90 Å². The summed E-state index contributed by atoms with van der Waals surface area (Å²) in [7, 11) is 0. The van der Waals surface area contributed by atoms with Gasteiger partial charge < -0.3 is 4.74 Å². The van der Waals surface area contributed by atoms with Gasteiger partial charge in [-0.1, -0.05) is 13.8 Å². The van der Waals surface area contributed by atoms with E-state index in [-0.39, 0.29) is 17.9 Å². The van der Waals surface area contributed by atoms with Crippen LogP contribution in [0.25, 0.3) is 0 Å². The van der Waals surface area contributed by atoms with Crippen LogP contribution in [0.3, 0.4) is 0 Å². The second kappa shape index (κ2) is 5.99. The first-order valence-corrected chi connectivity index (χ1v) is 6.03. The van der Waals surface area contributed by atoms with Crippen molar-refractivity contribution in [2.75, 3.05) is 19.7 Å². The number of carbonyl (C=O) groups excluding carboxylic acids is 2. The molecule has 4 heteroatoms. The van der Waals surface area contributed by atoms with Crippen molar-refractivity contribution in [3.63, 3.8) is 0 Å². The zero-order chi connectivity index (χ0) is 12.1. The minimum Gasteiger partial charge on any atom is -0.465 e. The van der Waals surface area contributed by atoms with Crippen LogP contribution in [0.5, 0.6) is 0 Å². The fraction of sp³-hybridized carbons (Fsp3) is 0.833. The normalized spacial score (nSPS) is 24.2. The summed E-state index contributed by atoms with van der Waals surface area (Å²) < 4.78 is 5.04. The number of likely N-dealkylation sites (tertiary alicyclic amines) is 1. The van der Waals surface area contributed by atoms with Crippen molar-refractivity contribution in [2.24, 2.45) is 5.92 Å². The van der Waals surface area contributed by atoms with Gasteiger partial charge in [0.2, 0.25) is 0 Å². The Morgan fingerprint density at radius 2 is 2.25 bits per heavy atom. The number of piperidine rings is 1. The molecule has 1 aliphatic heterocycles. The third-order valence-electron chi connectivity index (χ3n) is 3.09. The molecule has 4 nitrogen and oxygen atoms in total. The number of nitrogens with zero attached hydrogens (tertiary/aromatic N) is 1. The van der Waals surface area contributed by atoms with Gasteiger partial charge in [0.05, 0.1) is 6.61 Å². The fourth-order valence-corrected chi connectivity index (χ4v) is 2.14. The summed E-state index contributed by atoms with van der Waals surface area (Å²) in [5, 5.41) is 0. The van der Waals surface area contributed by atoms with E-state index in [9.17, 15) is 9.59 Å². The Labute approximate surface area is 96.9 Å². The molecule has 0 bridgehead atoms. The molecule has 1 aliphatic rings. The lowest BCUT2D eigenvalue weighted by Gasteiger charge is -2.34. The van der Waals surface area contributed by atoms with E-state index in [2.05, 4.69) is 4.90 Å². The summed E-state index contributed by atoms with van der Waals surface area (Å²) in [4.78, 5) is 25.2. The highest BCUT2D eigenvalue weighted by atomic mass is 16.5. The topological polar surface area (TPSA) is 46.6 Å². The third kappa shape index (κ3) is 3.04. The molecule has 1 saturated heterocycles. The van der Waals surface area contributed by atoms with Crippen LogP contribution in [0.15, 0.2) is 0 Å². The van der Waals surface area contributed by atoms with Crippen molar-refractivity contribution in [2.45, 2.75) is 39.7 Å². The number of esters is 1. The maximum Gasteiger partial charge on any atom is 0.323 e. The first-order chi connectivity index (χ1) is 7.60. The Bertz CT molecular complexity index is 265. The lowest BCUT2D eigenvalue weighted by molar-refractivity contribution is -0.151. The predicted molar refractivity (Wildman–Crippen MR) is 61.1 cm³/mol. The summed E-state index contributed by atoms with van der Waals surface area (Å²) in [5.74, 6) is 0.179. The highest BCUT2D eigenvalue weighted by Gasteiger charge is 2.31. The van der Waals surface area contributed by atoms with E-state index < -0.39 is 0 Å². The lowest BCUT2D eigenvalue weighted by atomic mass is 9.96. The predicted octanol–water partition coefficient (Wildman–Crippen LogP) is 1.24. The second-order valence-corrected chi connectivity index (χ2v) is 4.29. The summed E-state index contributed by atoms with van der Waals surface area (Å²) in [6, 6.07) is -0.185. The molecule has 2 unspecified atom stereocenters. The molecular weight excluding hydrogens is 206 g/mol. The van der Waals surface area contributed by atoms with Crippen molar-refractivity contribution in [1.29, 1.82) is 0 Å². The Kier molecular flexibility index (Phi) is 4.93. The second-order valence-electron chi connectivity index (χ2n) is 4.29. The standard InChI is InChI=1S/C12H21NO3/c1-4-10(12(15)16-5-2)13-7-6-11(14)9(3)8-13/h9-10H,4-8H2,1-3H3. The lowest BCUT2D eigenvalue weighted by Crippen LogP contribution is -2.49. The zero-order valence-electron chi connectivity index (χ0n) is 10.4. The molecule has 0 aromatic carbocycles. The minimum atomic E-state index is -0.185. The van der Waals surface area contributed by atoms with E-state index in [1.54, 1.807) is 0 Å².